The van der Waals surface area contributed by atoms with Crippen LogP contribution < -0.4 is 4.90 Å². The van der Waals surface area contributed by atoms with Gasteiger partial charge >= 0.3 is 5.97 Å². The first-order chi connectivity index (χ1) is 9.36. The van der Waals surface area contributed by atoms with Crippen LogP contribution >= 0.6 is 0 Å². The van der Waals surface area contributed by atoms with Crippen molar-refractivity contribution in [2.45, 2.75) is 31.2 Å². The molecule has 20 heavy (non-hydrogen) atoms. The Balaban J connectivity index is 2.22. The van der Waals surface area contributed by atoms with E-state index >= 15 is 0 Å². The molecule has 5 nitrogen and oxygen atoms in total. The van der Waals surface area contributed by atoms with Gasteiger partial charge in [-0.2, -0.15) is 0 Å². The van der Waals surface area contributed by atoms with Crippen molar-refractivity contribution in [1.29, 1.82) is 0 Å². The normalized spacial score (nSPS) is 23.0. The number of carbonyl (C=O) groups is 1. The van der Waals surface area contributed by atoms with Crippen LogP contribution in [0.15, 0.2) is 29.2 Å². The minimum atomic E-state index is -3.19. The third-order valence-electron chi connectivity index (χ3n) is 3.98. The topological polar surface area (TPSA) is 74.7 Å². The molecule has 0 amide bonds. The Morgan fingerprint density at radius 1 is 1.35 bits per heavy atom. The molecule has 0 radical (unpaired) electrons. The molecule has 6 heteroatoms. The van der Waals surface area contributed by atoms with E-state index in [9.17, 15) is 13.2 Å². The highest BCUT2D eigenvalue weighted by molar-refractivity contribution is 7.91. The maximum atomic E-state index is 11.7. The molecule has 110 valence electrons. The average Bonchev–Trinajstić information content (AvgIpc) is 2.81. The number of sulfone groups is 1. The Morgan fingerprint density at radius 3 is 2.40 bits per heavy atom. The molecule has 1 N–H and O–H groups in total. The summed E-state index contributed by atoms with van der Waals surface area (Å²) < 4.78 is 23.5. The van der Waals surface area contributed by atoms with Crippen molar-refractivity contribution in [1.82, 2.24) is 0 Å². The second kappa shape index (κ2) is 5.44. The molecule has 1 saturated heterocycles. The van der Waals surface area contributed by atoms with Gasteiger partial charge in [-0.1, -0.05) is 6.92 Å². The maximum Gasteiger partial charge on any atom is 0.308 e. The van der Waals surface area contributed by atoms with E-state index in [0.717, 1.165) is 5.69 Å². The van der Waals surface area contributed by atoms with Crippen molar-refractivity contribution < 1.29 is 18.3 Å². The standard InChI is InChI=1S/C14H19NO4S/c1-3-20(18,19)12-6-4-11(5-7-12)15-9-8-13(10(15)2)14(16)17/h4-7,10,13H,3,8-9H2,1-2H3,(H,16,17). The summed E-state index contributed by atoms with van der Waals surface area (Å²) in [5, 5.41) is 9.13. The third-order valence-corrected chi connectivity index (χ3v) is 5.73. The fourth-order valence-corrected chi connectivity index (χ4v) is 3.53. The zero-order chi connectivity index (χ0) is 14.9. The minimum Gasteiger partial charge on any atom is -0.481 e. The smallest absolute Gasteiger partial charge is 0.308 e. The average molecular weight is 297 g/mol. The van der Waals surface area contributed by atoms with E-state index in [2.05, 4.69) is 0 Å². The van der Waals surface area contributed by atoms with Gasteiger partial charge in [0.2, 0.25) is 0 Å². The van der Waals surface area contributed by atoms with Crippen LogP contribution in [0, 0.1) is 5.92 Å². The fourth-order valence-electron chi connectivity index (χ4n) is 2.65. The summed E-state index contributed by atoms with van der Waals surface area (Å²) in [6.07, 6.45) is 0.617. The van der Waals surface area contributed by atoms with Crippen LogP contribution in [-0.2, 0) is 14.6 Å². The zero-order valence-corrected chi connectivity index (χ0v) is 12.4. The number of nitrogens with zero attached hydrogens (tertiary/aromatic N) is 1. The number of hydrogen-bond donors (Lipinski definition) is 1. The van der Waals surface area contributed by atoms with Crippen molar-refractivity contribution in [2.75, 3.05) is 17.2 Å². The van der Waals surface area contributed by atoms with Gasteiger partial charge in [0.15, 0.2) is 9.84 Å². The van der Waals surface area contributed by atoms with E-state index in [4.69, 9.17) is 5.11 Å². The molecule has 1 heterocycles. The highest BCUT2D eigenvalue weighted by Crippen LogP contribution is 2.30. The molecule has 0 aliphatic carbocycles. The van der Waals surface area contributed by atoms with Crippen LogP contribution in [-0.4, -0.2) is 37.8 Å². The first kappa shape index (κ1) is 14.8. The lowest BCUT2D eigenvalue weighted by Crippen LogP contribution is -2.32. The van der Waals surface area contributed by atoms with Gasteiger partial charge in [0.05, 0.1) is 16.6 Å². The van der Waals surface area contributed by atoms with Crippen LogP contribution in [0.1, 0.15) is 20.3 Å². The summed E-state index contributed by atoms with van der Waals surface area (Å²) in [7, 11) is -3.19. The molecular weight excluding hydrogens is 278 g/mol. The monoisotopic (exact) mass is 297 g/mol. The van der Waals surface area contributed by atoms with Crippen LogP contribution in [0.3, 0.4) is 0 Å². The van der Waals surface area contributed by atoms with Crippen molar-refractivity contribution >= 4 is 21.5 Å². The lowest BCUT2D eigenvalue weighted by Gasteiger charge is -2.25. The highest BCUT2D eigenvalue weighted by atomic mass is 32.2. The molecule has 0 bridgehead atoms. The van der Waals surface area contributed by atoms with Gasteiger partial charge in [-0.05, 0) is 37.6 Å². The third kappa shape index (κ3) is 2.65. The molecule has 2 rings (SSSR count). The number of hydrogen-bond acceptors (Lipinski definition) is 4. The van der Waals surface area contributed by atoms with E-state index in [1.54, 1.807) is 31.2 Å². The summed E-state index contributed by atoms with van der Waals surface area (Å²) in [4.78, 5) is 13.4. The minimum absolute atomic E-state index is 0.0769. The van der Waals surface area contributed by atoms with Crippen LogP contribution in [0.4, 0.5) is 5.69 Å². The molecule has 2 atom stereocenters. The van der Waals surface area contributed by atoms with E-state index in [1.807, 2.05) is 11.8 Å². The number of anilines is 1. The lowest BCUT2D eigenvalue weighted by atomic mass is 10.0. The van der Waals surface area contributed by atoms with E-state index in [-0.39, 0.29) is 17.7 Å². The number of aliphatic carboxylic acids is 1. The molecule has 0 saturated carbocycles. The second-order valence-electron chi connectivity index (χ2n) is 5.06. The first-order valence-electron chi connectivity index (χ1n) is 6.69. The van der Waals surface area contributed by atoms with Gasteiger partial charge in [-0.15, -0.1) is 0 Å². The Labute approximate surface area is 119 Å². The van der Waals surface area contributed by atoms with Gasteiger partial charge in [0.25, 0.3) is 0 Å². The first-order valence-corrected chi connectivity index (χ1v) is 8.34. The SMILES string of the molecule is CCS(=O)(=O)c1ccc(N2CCC(C(=O)O)C2C)cc1. The number of rotatable bonds is 4. The van der Waals surface area contributed by atoms with Gasteiger partial charge in [0.1, 0.15) is 0 Å². The molecule has 1 aliphatic rings. The van der Waals surface area contributed by atoms with Gasteiger partial charge in [-0.25, -0.2) is 8.42 Å². The molecule has 1 aromatic carbocycles. The maximum absolute atomic E-state index is 11.7. The van der Waals surface area contributed by atoms with Crippen LogP contribution in [0.25, 0.3) is 0 Å². The second-order valence-corrected chi connectivity index (χ2v) is 7.34. The summed E-state index contributed by atoms with van der Waals surface area (Å²) in [5.74, 6) is -1.06. The van der Waals surface area contributed by atoms with Crippen LogP contribution in [0.2, 0.25) is 0 Å². The summed E-state index contributed by atoms with van der Waals surface area (Å²) >= 11 is 0. The van der Waals surface area contributed by atoms with Crippen molar-refractivity contribution in [3.8, 4) is 0 Å². The van der Waals surface area contributed by atoms with Crippen molar-refractivity contribution in [3.05, 3.63) is 24.3 Å². The van der Waals surface area contributed by atoms with E-state index in [0.29, 0.717) is 17.9 Å². The van der Waals surface area contributed by atoms with Crippen LogP contribution in [0.5, 0.6) is 0 Å². The van der Waals surface area contributed by atoms with E-state index in [1.165, 1.54) is 0 Å². The highest BCUT2D eigenvalue weighted by Gasteiger charge is 2.35. The molecule has 1 aliphatic heterocycles. The number of carboxylic acids is 1. The molecule has 1 aromatic rings. The molecule has 1 fully saturated rings. The predicted molar refractivity (Wildman–Crippen MR) is 76.7 cm³/mol. The fraction of sp³-hybridized carbons (Fsp3) is 0.500. The largest absolute Gasteiger partial charge is 0.481 e. The van der Waals surface area contributed by atoms with Gasteiger partial charge in [0, 0.05) is 18.3 Å². The van der Waals surface area contributed by atoms with Gasteiger partial charge < -0.3 is 10.0 Å². The summed E-state index contributed by atoms with van der Waals surface area (Å²) in [6, 6.07) is 6.61. The lowest BCUT2D eigenvalue weighted by molar-refractivity contribution is -0.141. The number of carboxylic acid groups (broad SMARTS) is 1. The van der Waals surface area contributed by atoms with E-state index < -0.39 is 15.8 Å². The predicted octanol–water partition coefficient (Wildman–Crippen LogP) is 1.78. The quantitative estimate of drug-likeness (QED) is 0.917. The Bertz CT molecular complexity index is 594. The van der Waals surface area contributed by atoms with Crippen molar-refractivity contribution in [2.24, 2.45) is 5.92 Å². The summed E-state index contributed by atoms with van der Waals surface area (Å²) in [6.45, 7) is 4.18. The molecule has 0 spiro atoms. The molecular formula is C14H19NO4S. The number of benzene rings is 1. The Hall–Kier alpha value is -1.56. The summed E-state index contributed by atoms with van der Waals surface area (Å²) in [5.41, 5.74) is 0.872. The molecule has 2 unspecified atom stereocenters. The Kier molecular flexibility index (Phi) is 4.04. The zero-order valence-electron chi connectivity index (χ0n) is 11.6. The molecule has 0 aromatic heterocycles. The van der Waals surface area contributed by atoms with Crippen molar-refractivity contribution in [3.63, 3.8) is 0 Å². The Morgan fingerprint density at radius 2 is 1.95 bits per heavy atom. The van der Waals surface area contributed by atoms with Gasteiger partial charge in [-0.3, -0.25) is 4.79 Å².